The smallest absolute Gasteiger partial charge is 0.287 e. The first-order valence-electron chi connectivity index (χ1n) is 9.74. The van der Waals surface area contributed by atoms with Gasteiger partial charge in [0.1, 0.15) is 11.5 Å². The summed E-state index contributed by atoms with van der Waals surface area (Å²) in [6.07, 6.45) is 2.24. The third-order valence-electron chi connectivity index (χ3n) is 5.15. The van der Waals surface area contributed by atoms with Crippen molar-refractivity contribution >= 4 is 15.7 Å². The maximum atomic E-state index is 12.4. The average molecular weight is 405 g/mol. The van der Waals surface area contributed by atoms with Crippen molar-refractivity contribution in [2.75, 3.05) is 19.6 Å². The molecule has 2 heterocycles. The Hall–Kier alpha value is -2.12. The molecule has 3 rings (SSSR count). The van der Waals surface area contributed by atoms with E-state index < -0.39 is 9.84 Å². The second kappa shape index (κ2) is 8.92. The van der Waals surface area contributed by atoms with Gasteiger partial charge in [-0.05, 0) is 63.4 Å². The van der Waals surface area contributed by atoms with Crippen LogP contribution in [-0.4, -0.2) is 44.9 Å². The van der Waals surface area contributed by atoms with E-state index >= 15 is 0 Å². The predicted octanol–water partition coefficient (Wildman–Crippen LogP) is 3.10. The lowest BCUT2D eigenvalue weighted by Crippen LogP contribution is -2.43. The van der Waals surface area contributed by atoms with E-state index in [0.717, 1.165) is 25.9 Å². The molecule has 1 aromatic heterocycles. The van der Waals surface area contributed by atoms with Crippen molar-refractivity contribution in [3.05, 3.63) is 54.0 Å². The van der Waals surface area contributed by atoms with Gasteiger partial charge >= 0.3 is 0 Å². The zero-order chi connectivity index (χ0) is 20.1. The molecule has 1 saturated heterocycles. The molecule has 7 heteroatoms. The molecule has 2 aromatic rings. The van der Waals surface area contributed by atoms with Crippen molar-refractivity contribution in [2.24, 2.45) is 5.92 Å². The van der Waals surface area contributed by atoms with E-state index in [-0.39, 0.29) is 28.1 Å². The Morgan fingerprint density at radius 2 is 1.96 bits per heavy atom. The van der Waals surface area contributed by atoms with Gasteiger partial charge in [-0.15, -0.1) is 0 Å². The maximum absolute atomic E-state index is 12.4. The summed E-state index contributed by atoms with van der Waals surface area (Å²) in [5.41, 5.74) is 0. The van der Waals surface area contributed by atoms with Crippen molar-refractivity contribution in [3.63, 3.8) is 0 Å². The van der Waals surface area contributed by atoms with E-state index in [1.165, 1.54) is 6.07 Å². The zero-order valence-corrected chi connectivity index (χ0v) is 17.2. The third-order valence-corrected chi connectivity index (χ3v) is 6.81. The number of sulfone groups is 1. The summed E-state index contributed by atoms with van der Waals surface area (Å²) in [5.74, 6) is 0.265. The summed E-state index contributed by atoms with van der Waals surface area (Å²) < 4.78 is 30.4. The number of carbonyl (C=O) groups excluding carboxylic acids is 1. The lowest BCUT2D eigenvalue weighted by Gasteiger charge is -2.35. The number of rotatable bonds is 7. The lowest BCUT2D eigenvalue weighted by atomic mass is 9.97. The summed E-state index contributed by atoms with van der Waals surface area (Å²) in [5, 5.41) is 2.93. The Bertz CT molecular complexity index is 890. The van der Waals surface area contributed by atoms with Crippen LogP contribution in [0.2, 0.25) is 0 Å². The Morgan fingerprint density at radius 3 is 2.68 bits per heavy atom. The number of nitrogens with one attached hydrogen (secondary N) is 1. The van der Waals surface area contributed by atoms with Gasteiger partial charge in [-0.2, -0.15) is 0 Å². The Kier molecular flexibility index (Phi) is 6.57. The molecule has 1 aromatic carbocycles. The van der Waals surface area contributed by atoms with Crippen LogP contribution in [0, 0.1) is 5.92 Å². The number of piperidine rings is 1. The molecule has 1 N–H and O–H groups in total. The monoisotopic (exact) mass is 404 g/mol. The normalized spacial score (nSPS) is 18.3. The quantitative estimate of drug-likeness (QED) is 0.767. The van der Waals surface area contributed by atoms with Gasteiger partial charge in [-0.25, -0.2) is 8.42 Å². The number of hydrogen-bond donors (Lipinski definition) is 1. The molecule has 6 nitrogen and oxygen atoms in total. The molecule has 28 heavy (non-hydrogen) atoms. The number of benzene rings is 1. The summed E-state index contributed by atoms with van der Waals surface area (Å²) in [6.45, 7) is 7.07. The zero-order valence-electron chi connectivity index (χ0n) is 16.4. The molecule has 0 radical (unpaired) electrons. The fourth-order valence-corrected chi connectivity index (χ4v) is 4.80. The van der Waals surface area contributed by atoms with Gasteiger partial charge in [0.15, 0.2) is 15.6 Å². The molecular weight excluding hydrogens is 376 g/mol. The van der Waals surface area contributed by atoms with Crippen molar-refractivity contribution in [2.45, 2.75) is 43.4 Å². The highest BCUT2D eigenvalue weighted by Gasteiger charge is 2.23. The van der Waals surface area contributed by atoms with Gasteiger partial charge in [0.25, 0.3) is 5.91 Å². The molecule has 0 aliphatic carbocycles. The predicted molar refractivity (Wildman–Crippen MR) is 108 cm³/mol. The Labute approximate surface area is 166 Å². The summed E-state index contributed by atoms with van der Waals surface area (Å²) in [4.78, 5) is 15.1. The van der Waals surface area contributed by atoms with E-state index in [1.807, 2.05) is 0 Å². The minimum Gasteiger partial charge on any atom is -0.455 e. The highest BCUT2D eigenvalue weighted by Crippen LogP contribution is 2.19. The molecule has 1 amide bonds. The van der Waals surface area contributed by atoms with Crippen LogP contribution in [0.3, 0.4) is 0 Å². The first-order valence-corrected chi connectivity index (χ1v) is 11.4. The molecule has 1 fully saturated rings. The van der Waals surface area contributed by atoms with Gasteiger partial charge < -0.3 is 14.6 Å². The molecule has 1 atom stereocenters. The molecule has 1 unspecified atom stereocenters. The van der Waals surface area contributed by atoms with Crippen LogP contribution in [0.25, 0.3) is 0 Å². The molecule has 1 aliphatic rings. The first-order chi connectivity index (χ1) is 13.3. The SMILES string of the molecule is CC(C)N1CCCC(CNC(=O)c2ccc(CS(=O)(=O)c3ccccc3)o2)C1. The van der Waals surface area contributed by atoms with Gasteiger partial charge in [-0.3, -0.25) is 4.79 Å². The second-order valence-corrected chi connectivity index (χ2v) is 9.63. The molecular formula is C21H28N2O4S. The van der Waals surface area contributed by atoms with Crippen LogP contribution in [0.1, 0.15) is 43.0 Å². The maximum Gasteiger partial charge on any atom is 0.287 e. The first kappa shape index (κ1) is 20.6. The van der Waals surface area contributed by atoms with Gasteiger partial charge in [0, 0.05) is 19.1 Å². The van der Waals surface area contributed by atoms with Crippen molar-refractivity contribution in [1.29, 1.82) is 0 Å². The second-order valence-electron chi connectivity index (χ2n) is 7.65. The molecule has 152 valence electrons. The van der Waals surface area contributed by atoms with Crippen LogP contribution < -0.4 is 5.32 Å². The number of amides is 1. The fourth-order valence-electron chi connectivity index (χ4n) is 3.53. The van der Waals surface area contributed by atoms with E-state index in [9.17, 15) is 13.2 Å². The van der Waals surface area contributed by atoms with E-state index in [0.29, 0.717) is 18.5 Å². The number of furan rings is 1. The molecule has 0 spiro atoms. The van der Waals surface area contributed by atoms with E-state index in [1.54, 1.807) is 36.4 Å². The van der Waals surface area contributed by atoms with Gasteiger partial charge in [-0.1, -0.05) is 18.2 Å². The van der Waals surface area contributed by atoms with Crippen molar-refractivity contribution < 1.29 is 17.6 Å². The lowest BCUT2D eigenvalue weighted by molar-refractivity contribution is 0.0894. The number of hydrogen-bond acceptors (Lipinski definition) is 5. The van der Waals surface area contributed by atoms with Crippen molar-refractivity contribution in [1.82, 2.24) is 10.2 Å². The fraction of sp³-hybridized carbons (Fsp3) is 0.476. The number of nitrogens with zero attached hydrogens (tertiary/aromatic N) is 1. The minimum atomic E-state index is -3.50. The van der Waals surface area contributed by atoms with Gasteiger partial charge in [0.2, 0.25) is 0 Å². The van der Waals surface area contributed by atoms with Crippen LogP contribution in [0.4, 0.5) is 0 Å². The topological polar surface area (TPSA) is 79.6 Å². The Balaban J connectivity index is 1.55. The van der Waals surface area contributed by atoms with E-state index in [4.69, 9.17) is 4.42 Å². The molecule has 0 bridgehead atoms. The average Bonchev–Trinajstić information content (AvgIpc) is 3.15. The third kappa shape index (κ3) is 5.23. The van der Waals surface area contributed by atoms with Crippen molar-refractivity contribution in [3.8, 4) is 0 Å². The molecule has 1 aliphatic heterocycles. The number of likely N-dealkylation sites (tertiary alicyclic amines) is 1. The summed E-state index contributed by atoms with van der Waals surface area (Å²) in [7, 11) is -3.50. The highest BCUT2D eigenvalue weighted by atomic mass is 32.2. The number of carbonyl (C=O) groups is 1. The minimum absolute atomic E-state index is 0.148. The Morgan fingerprint density at radius 1 is 1.21 bits per heavy atom. The van der Waals surface area contributed by atoms with Crippen LogP contribution >= 0.6 is 0 Å². The summed E-state index contributed by atoms with van der Waals surface area (Å²) in [6, 6.07) is 11.8. The van der Waals surface area contributed by atoms with Crippen LogP contribution in [-0.2, 0) is 15.6 Å². The van der Waals surface area contributed by atoms with Gasteiger partial charge in [0.05, 0.1) is 4.90 Å². The van der Waals surface area contributed by atoms with Crippen LogP contribution in [0.5, 0.6) is 0 Å². The van der Waals surface area contributed by atoms with E-state index in [2.05, 4.69) is 24.1 Å². The van der Waals surface area contributed by atoms with Crippen LogP contribution in [0.15, 0.2) is 51.8 Å². The largest absolute Gasteiger partial charge is 0.455 e. The highest BCUT2D eigenvalue weighted by molar-refractivity contribution is 7.90. The molecule has 0 saturated carbocycles. The standard InChI is InChI=1S/C21H28N2O4S/c1-16(2)23-12-6-7-17(14-23)13-22-21(24)20-11-10-18(27-20)15-28(25,26)19-8-4-3-5-9-19/h3-5,8-11,16-17H,6-7,12-15H2,1-2H3,(H,22,24). The summed E-state index contributed by atoms with van der Waals surface area (Å²) >= 11 is 0.